The molecule has 8 heteroatoms. The number of rotatable bonds is 6. The highest BCUT2D eigenvalue weighted by Crippen LogP contribution is 2.17. The molecule has 0 fully saturated rings. The molecule has 1 unspecified atom stereocenters. The van der Waals surface area contributed by atoms with Gasteiger partial charge in [-0.3, -0.25) is 5.84 Å². The quantitative estimate of drug-likeness (QED) is 0.296. The summed E-state index contributed by atoms with van der Waals surface area (Å²) in [4.78, 5) is 35.8. The lowest BCUT2D eigenvalue weighted by Gasteiger charge is -2.28. The smallest absolute Gasteiger partial charge is 0.351 e. The SMILES string of the molecule is CC(C)(C)OC(=O)C(NN)(C(=O)O)C(=O)OCc1ccccc1. The summed E-state index contributed by atoms with van der Waals surface area (Å²) in [7, 11) is 0. The van der Waals surface area contributed by atoms with Crippen LogP contribution in [0.25, 0.3) is 0 Å². The van der Waals surface area contributed by atoms with Gasteiger partial charge in [-0.2, -0.15) is 0 Å². The maximum atomic E-state index is 12.2. The van der Waals surface area contributed by atoms with Crippen LogP contribution in [-0.4, -0.2) is 34.2 Å². The first kappa shape index (κ1) is 18.6. The van der Waals surface area contributed by atoms with Gasteiger partial charge in [-0.25, -0.2) is 19.8 Å². The number of carboxylic acids is 1. The number of nitrogens with two attached hydrogens (primary N) is 1. The number of benzene rings is 1. The first-order valence-electron chi connectivity index (χ1n) is 6.79. The molecular formula is C15H20N2O6. The van der Waals surface area contributed by atoms with Crippen LogP contribution >= 0.6 is 0 Å². The number of hydrogen-bond donors (Lipinski definition) is 3. The number of carbonyl (C=O) groups excluding carboxylic acids is 2. The van der Waals surface area contributed by atoms with Crippen molar-refractivity contribution in [3.8, 4) is 0 Å². The first-order valence-corrected chi connectivity index (χ1v) is 6.79. The Kier molecular flexibility index (Phi) is 5.83. The topological polar surface area (TPSA) is 128 Å². The first-order chi connectivity index (χ1) is 10.6. The Labute approximate surface area is 133 Å². The van der Waals surface area contributed by atoms with Crippen molar-refractivity contribution in [1.82, 2.24) is 5.43 Å². The molecule has 1 rings (SSSR count). The van der Waals surface area contributed by atoms with Gasteiger partial charge in [0.2, 0.25) is 0 Å². The predicted molar refractivity (Wildman–Crippen MR) is 79.8 cm³/mol. The van der Waals surface area contributed by atoms with E-state index in [4.69, 9.17) is 15.3 Å². The number of hydrogen-bond acceptors (Lipinski definition) is 7. The zero-order chi connectivity index (χ0) is 17.7. The Morgan fingerprint density at radius 3 is 2.13 bits per heavy atom. The third kappa shape index (κ3) is 4.51. The van der Waals surface area contributed by atoms with Gasteiger partial charge in [-0.15, -0.1) is 0 Å². The largest absolute Gasteiger partial charge is 0.479 e. The van der Waals surface area contributed by atoms with E-state index in [0.29, 0.717) is 5.56 Å². The van der Waals surface area contributed by atoms with Crippen LogP contribution in [0.3, 0.4) is 0 Å². The maximum Gasteiger partial charge on any atom is 0.351 e. The van der Waals surface area contributed by atoms with Crippen LogP contribution in [0, 0.1) is 0 Å². The molecule has 0 saturated heterocycles. The Balaban J connectivity index is 2.98. The average Bonchev–Trinajstić information content (AvgIpc) is 2.45. The van der Waals surface area contributed by atoms with E-state index >= 15 is 0 Å². The molecule has 0 aliphatic rings. The molecule has 126 valence electrons. The zero-order valence-electron chi connectivity index (χ0n) is 13.2. The highest BCUT2D eigenvalue weighted by molar-refractivity contribution is 6.22. The van der Waals surface area contributed by atoms with Gasteiger partial charge in [0, 0.05) is 0 Å². The molecule has 0 aromatic heterocycles. The number of carboxylic acid groups (broad SMARTS) is 1. The minimum atomic E-state index is -2.83. The van der Waals surface area contributed by atoms with Crippen LogP contribution < -0.4 is 11.3 Å². The van der Waals surface area contributed by atoms with Gasteiger partial charge in [0.25, 0.3) is 0 Å². The third-order valence-corrected chi connectivity index (χ3v) is 2.76. The molecule has 0 bridgehead atoms. The fourth-order valence-corrected chi connectivity index (χ4v) is 1.62. The number of nitrogens with one attached hydrogen (secondary N) is 1. The summed E-state index contributed by atoms with van der Waals surface area (Å²) in [6.07, 6.45) is 0. The monoisotopic (exact) mass is 324 g/mol. The van der Waals surface area contributed by atoms with Crippen molar-refractivity contribution in [2.24, 2.45) is 5.84 Å². The van der Waals surface area contributed by atoms with E-state index in [2.05, 4.69) is 0 Å². The fourth-order valence-electron chi connectivity index (χ4n) is 1.62. The van der Waals surface area contributed by atoms with Crippen LogP contribution in [0.5, 0.6) is 0 Å². The minimum Gasteiger partial charge on any atom is -0.479 e. The van der Waals surface area contributed by atoms with E-state index in [1.165, 1.54) is 20.8 Å². The molecule has 0 heterocycles. The lowest BCUT2D eigenvalue weighted by molar-refractivity contribution is -0.181. The number of hydrazine groups is 1. The molecule has 1 aromatic rings. The molecule has 0 aliphatic carbocycles. The lowest BCUT2D eigenvalue weighted by Crippen LogP contribution is -2.67. The van der Waals surface area contributed by atoms with Crippen molar-refractivity contribution in [2.75, 3.05) is 0 Å². The Morgan fingerprint density at radius 1 is 1.13 bits per heavy atom. The van der Waals surface area contributed by atoms with E-state index in [-0.39, 0.29) is 6.61 Å². The van der Waals surface area contributed by atoms with E-state index in [1.54, 1.807) is 35.8 Å². The van der Waals surface area contributed by atoms with Gasteiger partial charge >= 0.3 is 23.4 Å². The molecule has 0 amide bonds. The van der Waals surface area contributed by atoms with Crippen LogP contribution in [0.15, 0.2) is 30.3 Å². The molecule has 4 N–H and O–H groups in total. The van der Waals surface area contributed by atoms with Gasteiger partial charge in [0.15, 0.2) is 0 Å². The molecule has 1 aromatic carbocycles. The summed E-state index contributed by atoms with van der Waals surface area (Å²) in [5, 5.41) is 9.31. The van der Waals surface area contributed by atoms with Crippen molar-refractivity contribution in [3.63, 3.8) is 0 Å². The summed E-state index contributed by atoms with van der Waals surface area (Å²) >= 11 is 0. The lowest BCUT2D eigenvalue weighted by atomic mass is 10.0. The maximum absolute atomic E-state index is 12.2. The summed E-state index contributed by atoms with van der Waals surface area (Å²) < 4.78 is 9.88. The number of ether oxygens (including phenoxy) is 2. The molecule has 1 atom stereocenters. The van der Waals surface area contributed by atoms with Gasteiger partial charge in [0.1, 0.15) is 12.2 Å². The number of aliphatic carboxylic acids is 1. The number of carbonyl (C=O) groups is 3. The van der Waals surface area contributed by atoms with Crippen molar-refractivity contribution in [1.29, 1.82) is 0 Å². The van der Waals surface area contributed by atoms with Crippen LogP contribution in [-0.2, 0) is 30.5 Å². The number of esters is 2. The normalized spacial score (nSPS) is 13.7. The summed E-state index contributed by atoms with van der Waals surface area (Å²) in [6, 6.07) is 8.58. The second-order valence-corrected chi connectivity index (χ2v) is 5.76. The second-order valence-electron chi connectivity index (χ2n) is 5.76. The summed E-state index contributed by atoms with van der Waals surface area (Å²) in [5.74, 6) is 0.648. The Bertz CT molecular complexity index is 581. The van der Waals surface area contributed by atoms with Crippen molar-refractivity contribution < 1.29 is 29.0 Å². The molecule has 8 nitrogen and oxygen atoms in total. The second kappa shape index (κ2) is 7.21. The summed E-state index contributed by atoms with van der Waals surface area (Å²) in [6.45, 7) is 4.38. The molecule has 23 heavy (non-hydrogen) atoms. The minimum absolute atomic E-state index is 0.209. The molecule has 0 spiro atoms. The van der Waals surface area contributed by atoms with Gasteiger partial charge in [-0.05, 0) is 26.3 Å². The van der Waals surface area contributed by atoms with Crippen LogP contribution in [0.2, 0.25) is 0 Å². The molecule has 0 saturated carbocycles. The average molecular weight is 324 g/mol. The van der Waals surface area contributed by atoms with E-state index in [1.807, 2.05) is 0 Å². The summed E-state index contributed by atoms with van der Waals surface area (Å²) in [5.41, 5.74) is -1.49. The Hall–Kier alpha value is -2.45. The van der Waals surface area contributed by atoms with Gasteiger partial charge < -0.3 is 14.6 Å². The third-order valence-electron chi connectivity index (χ3n) is 2.76. The molecule has 0 aliphatic heterocycles. The van der Waals surface area contributed by atoms with E-state index in [9.17, 15) is 19.5 Å². The van der Waals surface area contributed by atoms with E-state index < -0.39 is 29.0 Å². The van der Waals surface area contributed by atoms with Crippen molar-refractivity contribution in [3.05, 3.63) is 35.9 Å². The standard InChI is InChI=1S/C15H20N2O6/c1-14(2,3)23-13(21)15(17-16,11(18)19)12(20)22-9-10-7-5-4-6-8-10/h4-8,17H,9,16H2,1-3H3,(H,18,19). The molecule has 0 radical (unpaired) electrons. The Morgan fingerprint density at radius 2 is 1.70 bits per heavy atom. The van der Waals surface area contributed by atoms with Gasteiger partial charge in [0.05, 0.1) is 0 Å². The highest BCUT2D eigenvalue weighted by atomic mass is 16.6. The van der Waals surface area contributed by atoms with E-state index in [0.717, 1.165) is 0 Å². The van der Waals surface area contributed by atoms with Gasteiger partial charge in [-0.1, -0.05) is 30.3 Å². The highest BCUT2D eigenvalue weighted by Gasteiger charge is 2.57. The van der Waals surface area contributed by atoms with Crippen molar-refractivity contribution >= 4 is 17.9 Å². The zero-order valence-corrected chi connectivity index (χ0v) is 13.2. The van der Waals surface area contributed by atoms with Crippen LogP contribution in [0.4, 0.5) is 0 Å². The molecular weight excluding hydrogens is 304 g/mol. The predicted octanol–water partition coefficient (Wildman–Crippen LogP) is 0.358. The van der Waals surface area contributed by atoms with Crippen LogP contribution in [0.1, 0.15) is 26.3 Å². The fraction of sp³-hybridized carbons (Fsp3) is 0.400. The van der Waals surface area contributed by atoms with Crippen molar-refractivity contribution in [2.45, 2.75) is 38.5 Å².